The molecule has 0 spiro atoms. The summed E-state index contributed by atoms with van der Waals surface area (Å²) in [6, 6.07) is 9.88. The van der Waals surface area contributed by atoms with Gasteiger partial charge in [-0.1, -0.05) is 30.3 Å². The highest BCUT2D eigenvalue weighted by Crippen LogP contribution is 2.04. The number of ether oxygens (including phenoxy) is 1. The molecule has 0 heterocycles. The largest absolute Gasteiger partial charge is 0.491 e. The van der Waals surface area contributed by atoms with Gasteiger partial charge in [-0.05, 0) is 18.6 Å². The maximum absolute atomic E-state index is 8.81. The van der Waals surface area contributed by atoms with Crippen LogP contribution in [0.3, 0.4) is 0 Å². The lowest BCUT2D eigenvalue weighted by molar-refractivity contribution is 0.150. The molecular weight excluding hydrogens is 164 g/mol. The lowest BCUT2D eigenvalue weighted by Crippen LogP contribution is -1.97. The molecule has 0 aromatic heterocycles. The highest BCUT2D eigenvalue weighted by atomic mass is 16.5. The van der Waals surface area contributed by atoms with Crippen LogP contribution in [-0.4, -0.2) is 11.7 Å². The normalized spacial score (nSPS) is 11.4. The third-order valence-corrected chi connectivity index (χ3v) is 1.74. The molecule has 0 aliphatic rings. The summed E-state index contributed by atoms with van der Waals surface area (Å²) in [4.78, 5) is 0. The molecule has 1 aromatic rings. The minimum Gasteiger partial charge on any atom is -0.491 e. The fraction of sp³-hybridized carbons (Fsp3) is 0.273. The van der Waals surface area contributed by atoms with Crippen LogP contribution in [0.1, 0.15) is 12.5 Å². The van der Waals surface area contributed by atoms with Gasteiger partial charge in [0.2, 0.25) is 0 Å². The molecule has 0 radical (unpaired) electrons. The zero-order chi connectivity index (χ0) is 9.52. The van der Waals surface area contributed by atoms with Crippen LogP contribution in [0.2, 0.25) is 0 Å². The molecule has 0 bridgehead atoms. The van der Waals surface area contributed by atoms with Crippen LogP contribution in [0.4, 0.5) is 0 Å². The minimum atomic E-state index is -0.0384. The molecule has 2 nitrogen and oxygen atoms in total. The van der Waals surface area contributed by atoms with Crippen molar-refractivity contribution in [2.75, 3.05) is 6.61 Å². The van der Waals surface area contributed by atoms with E-state index in [0.717, 1.165) is 5.56 Å². The standard InChI is InChI=1S/C11H14O2/c1-2-11(8-12)13-9-10-6-4-3-5-7-10/h2-7,12H,8-9H2,1H3/b11-2-. The van der Waals surface area contributed by atoms with Crippen molar-refractivity contribution < 1.29 is 9.84 Å². The number of rotatable bonds is 4. The highest BCUT2D eigenvalue weighted by Gasteiger charge is 1.95. The number of hydrogen-bond acceptors (Lipinski definition) is 2. The second-order valence-corrected chi connectivity index (χ2v) is 2.69. The first kappa shape index (κ1) is 9.81. The van der Waals surface area contributed by atoms with Gasteiger partial charge < -0.3 is 9.84 Å². The second kappa shape index (κ2) is 5.38. The van der Waals surface area contributed by atoms with E-state index in [2.05, 4.69) is 0 Å². The van der Waals surface area contributed by atoms with Gasteiger partial charge in [0.1, 0.15) is 19.0 Å². The average Bonchev–Trinajstić information content (AvgIpc) is 2.21. The molecule has 13 heavy (non-hydrogen) atoms. The van der Waals surface area contributed by atoms with Crippen molar-refractivity contribution in [3.8, 4) is 0 Å². The van der Waals surface area contributed by atoms with E-state index in [1.807, 2.05) is 37.3 Å². The Balaban J connectivity index is 2.43. The maximum atomic E-state index is 8.81. The molecule has 0 fully saturated rings. The first-order valence-electron chi connectivity index (χ1n) is 4.29. The van der Waals surface area contributed by atoms with Crippen LogP contribution >= 0.6 is 0 Å². The van der Waals surface area contributed by atoms with Crippen molar-refractivity contribution in [1.82, 2.24) is 0 Å². The van der Waals surface area contributed by atoms with E-state index in [1.54, 1.807) is 6.08 Å². The zero-order valence-corrected chi connectivity index (χ0v) is 7.73. The monoisotopic (exact) mass is 178 g/mol. The van der Waals surface area contributed by atoms with E-state index < -0.39 is 0 Å². The van der Waals surface area contributed by atoms with Crippen molar-refractivity contribution >= 4 is 0 Å². The Morgan fingerprint density at radius 2 is 2.08 bits per heavy atom. The molecule has 1 rings (SSSR count). The zero-order valence-electron chi connectivity index (χ0n) is 7.73. The van der Waals surface area contributed by atoms with Crippen LogP contribution in [0.5, 0.6) is 0 Å². The van der Waals surface area contributed by atoms with E-state index in [9.17, 15) is 0 Å². The van der Waals surface area contributed by atoms with E-state index in [0.29, 0.717) is 12.4 Å². The Morgan fingerprint density at radius 3 is 2.62 bits per heavy atom. The van der Waals surface area contributed by atoms with E-state index in [1.165, 1.54) is 0 Å². The van der Waals surface area contributed by atoms with Crippen molar-refractivity contribution in [3.63, 3.8) is 0 Å². The van der Waals surface area contributed by atoms with E-state index in [-0.39, 0.29) is 6.61 Å². The third-order valence-electron chi connectivity index (χ3n) is 1.74. The van der Waals surface area contributed by atoms with Crippen LogP contribution in [0.25, 0.3) is 0 Å². The quantitative estimate of drug-likeness (QED) is 0.715. The summed E-state index contributed by atoms with van der Waals surface area (Å²) < 4.78 is 5.34. The van der Waals surface area contributed by atoms with Gasteiger partial charge in [0.05, 0.1) is 0 Å². The molecule has 2 heteroatoms. The van der Waals surface area contributed by atoms with Crippen molar-refractivity contribution in [1.29, 1.82) is 0 Å². The molecule has 0 aliphatic carbocycles. The van der Waals surface area contributed by atoms with Gasteiger partial charge in [0.25, 0.3) is 0 Å². The van der Waals surface area contributed by atoms with E-state index in [4.69, 9.17) is 9.84 Å². The Bertz CT molecular complexity index is 265. The van der Waals surface area contributed by atoms with Crippen molar-refractivity contribution in [2.45, 2.75) is 13.5 Å². The predicted molar refractivity (Wildman–Crippen MR) is 52.1 cm³/mol. The fourth-order valence-corrected chi connectivity index (χ4v) is 0.971. The number of benzene rings is 1. The molecule has 70 valence electrons. The van der Waals surface area contributed by atoms with Gasteiger partial charge in [-0.3, -0.25) is 0 Å². The summed E-state index contributed by atoms with van der Waals surface area (Å²) >= 11 is 0. The summed E-state index contributed by atoms with van der Waals surface area (Å²) in [6.45, 7) is 2.32. The molecule has 0 unspecified atom stereocenters. The number of aliphatic hydroxyl groups excluding tert-OH is 1. The van der Waals surface area contributed by atoms with Gasteiger partial charge in [0.15, 0.2) is 0 Å². The molecule has 0 atom stereocenters. The van der Waals surface area contributed by atoms with Gasteiger partial charge in [0, 0.05) is 0 Å². The SMILES string of the molecule is C/C=C(/CO)OCc1ccccc1. The summed E-state index contributed by atoms with van der Waals surface area (Å²) in [5.74, 6) is 0.615. The maximum Gasteiger partial charge on any atom is 0.118 e. The van der Waals surface area contributed by atoms with E-state index >= 15 is 0 Å². The Hall–Kier alpha value is -1.28. The molecular formula is C11H14O2. The molecule has 1 N–H and O–H groups in total. The topological polar surface area (TPSA) is 29.5 Å². The number of hydrogen-bond donors (Lipinski definition) is 1. The summed E-state index contributed by atoms with van der Waals surface area (Å²) in [5.41, 5.74) is 1.11. The number of allylic oxidation sites excluding steroid dienone is 1. The highest BCUT2D eigenvalue weighted by molar-refractivity contribution is 5.13. The van der Waals surface area contributed by atoms with Gasteiger partial charge in [-0.25, -0.2) is 0 Å². The lowest BCUT2D eigenvalue weighted by Gasteiger charge is -2.06. The summed E-state index contributed by atoms with van der Waals surface area (Å²) in [7, 11) is 0. The van der Waals surface area contributed by atoms with Gasteiger partial charge >= 0.3 is 0 Å². The van der Waals surface area contributed by atoms with Crippen molar-refractivity contribution in [2.24, 2.45) is 0 Å². The van der Waals surface area contributed by atoms with Crippen LogP contribution in [-0.2, 0) is 11.3 Å². The molecule has 0 amide bonds. The predicted octanol–water partition coefficient (Wildman–Crippen LogP) is 2.10. The molecule has 1 aromatic carbocycles. The first-order chi connectivity index (χ1) is 6.36. The van der Waals surface area contributed by atoms with Crippen LogP contribution in [0, 0.1) is 0 Å². The van der Waals surface area contributed by atoms with Crippen LogP contribution < -0.4 is 0 Å². The average molecular weight is 178 g/mol. The second-order valence-electron chi connectivity index (χ2n) is 2.69. The number of aliphatic hydroxyl groups is 1. The molecule has 0 aliphatic heterocycles. The van der Waals surface area contributed by atoms with Crippen LogP contribution in [0.15, 0.2) is 42.2 Å². The Kier molecular flexibility index (Phi) is 4.06. The smallest absolute Gasteiger partial charge is 0.118 e. The van der Waals surface area contributed by atoms with Gasteiger partial charge in [-0.15, -0.1) is 0 Å². The van der Waals surface area contributed by atoms with Gasteiger partial charge in [-0.2, -0.15) is 0 Å². The van der Waals surface area contributed by atoms with Crippen molar-refractivity contribution in [3.05, 3.63) is 47.7 Å². The Morgan fingerprint density at radius 1 is 1.38 bits per heavy atom. The summed E-state index contributed by atoms with van der Waals surface area (Å²) in [5, 5.41) is 8.81. The fourth-order valence-electron chi connectivity index (χ4n) is 0.971. The molecule has 0 saturated heterocycles. The third kappa shape index (κ3) is 3.30. The minimum absolute atomic E-state index is 0.0384. The summed E-state index contributed by atoms with van der Waals surface area (Å²) in [6.07, 6.45) is 1.77. The first-order valence-corrected chi connectivity index (χ1v) is 4.29. The molecule has 0 saturated carbocycles. The lowest BCUT2D eigenvalue weighted by atomic mass is 10.2. The Labute approximate surface area is 78.5 Å².